The summed E-state index contributed by atoms with van der Waals surface area (Å²) in [5.74, 6) is -0.466. The van der Waals surface area contributed by atoms with Crippen molar-refractivity contribution in [1.29, 1.82) is 0 Å². The van der Waals surface area contributed by atoms with Crippen molar-refractivity contribution >= 4 is 65.4 Å². The van der Waals surface area contributed by atoms with Gasteiger partial charge in [-0.25, -0.2) is 14.6 Å². The maximum atomic E-state index is 15.2. The maximum Gasteiger partial charge on any atom is 0.344 e. The van der Waals surface area contributed by atoms with E-state index in [0.29, 0.717) is 81.7 Å². The van der Waals surface area contributed by atoms with Gasteiger partial charge in [-0.1, -0.05) is 55.8 Å². The molecule has 2 aromatic carbocycles. The molecule has 3 N–H and O–H groups in total. The number of anilines is 1. The molecule has 19 heteroatoms. The van der Waals surface area contributed by atoms with E-state index < -0.39 is 53.6 Å². The standard InChI is InChI=1S/C45H54N4O8.C7H15Cl2N2O2P/c1-8-27-19-28-22-44(40(51)55-6,36-30(25-48(23-27)24-28)29-13-10-11-14-33(29)46-36)32-20-31-34(21-35(32)54-5)47(4)38-43(31)16-18-49-17-12-15-42(9-2,37(43)49)39(57-26(3)50)45(38,53)41(52)56-7;8-2-5-11(6-3-9)14(12)10-4-1-7-13-14/h10-15,19-21,28,37-39,46,53H,8-9,16-18,22-25H2,1-7H3;1-7H2,(H,10,12)/t28?,37-,38+,39+,42+,43+,44-,45-;/m0./s1. The Morgan fingerprint density at radius 3 is 2.41 bits per heavy atom. The summed E-state index contributed by atoms with van der Waals surface area (Å²) in [6, 6.07) is 11.2. The van der Waals surface area contributed by atoms with Crippen LogP contribution in [0.15, 0.2) is 60.2 Å². The van der Waals surface area contributed by atoms with Crippen molar-refractivity contribution < 1.29 is 47.5 Å². The van der Waals surface area contributed by atoms with E-state index in [1.54, 1.807) is 11.8 Å². The third-order valence-corrected chi connectivity index (χ3v) is 19.4. The highest BCUT2D eigenvalue weighted by atomic mass is 35.5. The fourth-order valence-corrected chi connectivity index (χ4v) is 16.8. The number of carbonyl (C=O) groups is 3. The summed E-state index contributed by atoms with van der Waals surface area (Å²) in [7, 11) is 3.38. The number of likely N-dealkylation sites (N-methyl/N-ethyl adjacent to an activating group) is 1. The van der Waals surface area contributed by atoms with Crippen LogP contribution >= 0.6 is 30.9 Å². The second-order valence-electron chi connectivity index (χ2n) is 20.1. The second-order valence-corrected chi connectivity index (χ2v) is 23.1. The number of fused-ring (bicyclic) bond motifs is 6. The highest BCUT2D eigenvalue weighted by Crippen LogP contribution is 2.68. The minimum atomic E-state index is -2.84. The molecule has 16 nitrogen and oxygen atoms in total. The second kappa shape index (κ2) is 20.0. The molecule has 2 saturated heterocycles. The molecular weight excluding hydrogens is 970 g/mol. The first kappa shape index (κ1) is 51.9. The van der Waals surface area contributed by atoms with Crippen molar-refractivity contribution in [3.8, 4) is 5.75 Å². The zero-order chi connectivity index (χ0) is 50.7. The summed E-state index contributed by atoms with van der Waals surface area (Å²) in [5.41, 5.74) is 1.05. The Labute approximate surface area is 426 Å². The summed E-state index contributed by atoms with van der Waals surface area (Å²) >= 11 is 11.2. The molecule has 10 rings (SSSR count). The minimum Gasteiger partial charge on any atom is -0.496 e. The van der Waals surface area contributed by atoms with Crippen molar-refractivity contribution in [3.05, 3.63) is 82.6 Å². The normalized spacial score (nSPS) is 33.6. The number of aromatic nitrogens is 1. The zero-order valence-corrected chi connectivity index (χ0v) is 44.3. The van der Waals surface area contributed by atoms with E-state index >= 15 is 4.79 Å². The van der Waals surface area contributed by atoms with Crippen LogP contribution in [-0.2, 0) is 55.1 Å². The number of aliphatic hydroxyl groups is 1. The Hall–Kier alpha value is -3.96. The van der Waals surface area contributed by atoms with Crippen molar-refractivity contribution in [2.75, 3.05) is 97.5 Å². The summed E-state index contributed by atoms with van der Waals surface area (Å²) in [6.45, 7) is 11.5. The van der Waals surface area contributed by atoms with Gasteiger partial charge >= 0.3 is 25.6 Å². The number of hydrogen-bond acceptors (Lipinski definition) is 13. The third kappa shape index (κ3) is 8.00. The first-order valence-electron chi connectivity index (χ1n) is 24.9. The lowest BCUT2D eigenvalue weighted by molar-refractivity contribution is -0.228. The number of methoxy groups -OCH3 is 3. The highest BCUT2D eigenvalue weighted by molar-refractivity contribution is 7.54. The van der Waals surface area contributed by atoms with Gasteiger partial charge in [-0.2, -0.15) is 0 Å². The molecule has 0 radical (unpaired) electrons. The maximum absolute atomic E-state index is 15.2. The quantitative estimate of drug-likeness (QED) is 0.0579. The molecule has 1 aliphatic carbocycles. The summed E-state index contributed by atoms with van der Waals surface area (Å²) in [4.78, 5) is 53.1. The number of nitrogens with one attached hydrogen (secondary N) is 2. The van der Waals surface area contributed by atoms with Gasteiger partial charge < -0.3 is 38.5 Å². The minimum absolute atomic E-state index is 0.0284. The Morgan fingerprint density at radius 1 is 1.01 bits per heavy atom. The van der Waals surface area contributed by atoms with E-state index in [0.717, 1.165) is 65.9 Å². The van der Waals surface area contributed by atoms with Gasteiger partial charge in [-0.3, -0.25) is 24.0 Å². The van der Waals surface area contributed by atoms with Gasteiger partial charge in [0.1, 0.15) is 11.2 Å². The number of benzene rings is 2. The number of nitrogens with zero attached hydrogens (tertiary/aromatic N) is 4. The van der Waals surface area contributed by atoms with Crippen LogP contribution < -0.4 is 14.7 Å². The Morgan fingerprint density at radius 2 is 1.76 bits per heavy atom. The fourth-order valence-electron chi connectivity index (χ4n) is 14.1. The number of ether oxygens (including phenoxy) is 4. The SMILES string of the molecule is CCC1=CC2CN(C1)Cc1c([nH]c3ccccc13)[C@@](C(=O)OC)(c1cc3c(cc1OC)N(C)[C@H]1[C@@](O)(C(=O)OC)[C@H](OC(C)=O)[C@]4(CC)C=CCN5CC[C@]31[C@@H]54)C2.O=P1(N(CCCl)CCCl)NCCCO1. The van der Waals surface area contributed by atoms with Crippen LogP contribution in [0.4, 0.5) is 5.69 Å². The summed E-state index contributed by atoms with van der Waals surface area (Å²) in [6.07, 6.45) is 8.56. The topological polar surface area (TPSA) is 175 Å². The molecule has 1 saturated carbocycles. The monoisotopic (exact) mass is 1040 g/mol. The number of halogens is 2. The van der Waals surface area contributed by atoms with Gasteiger partial charge in [-0.05, 0) is 67.8 Å². The van der Waals surface area contributed by atoms with Crippen molar-refractivity contribution in [2.45, 2.75) is 94.0 Å². The smallest absolute Gasteiger partial charge is 0.344 e. The number of para-hydroxylation sites is 1. The van der Waals surface area contributed by atoms with Crippen LogP contribution in [-0.4, -0.2) is 159 Å². The highest BCUT2D eigenvalue weighted by Gasteiger charge is 2.80. The average Bonchev–Trinajstić information content (AvgIpc) is 4.03. The largest absolute Gasteiger partial charge is 0.496 e. The van der Waals surface area contributed by atoms with Gasteiger partial charge in [0.25, 0.3) is 0 Å². The predicted octanol–water partition coefficient (Wildman–Crippen LogP) is 6.64. The fraction of sp³-hybridized carbons (Fsp3) is 0.596. The number of alkyl halides is 2. The van der Waals surface area contributed by atoms with Gasteiger partial charge in [0, 0.05) is 122 Å². The van der Waals surface area contributed by atoms with Crippen LogP contribution in [0.25, 0.3) is 10.9 Å². The number of carbonyl (C=O) groups excluding carboxylic acids is 3. The Bertz CT molecular complexity index is 2650. The molecule has 7 aliphatic rings. The van der Waals surface area contributed by atoms with Gasteiger partial charge in [0.2, 0.25) is 5.60 Å². The molecule has 2 bridgehead atoms. The van der Waals surface area contributed by atoms with E-state index in [-0.39, 0.29) is 17.9 Å². The molecule has 6 aliphatic heterocycles. The molecule has 10 atom stereocenters. The van der Waals surface area contributed by atoms with Gasteiger partial charge in [-0.15, -0.1) is 23.2 Å². The summed E-state index contributed by atoms with van der Waals surface area (Å²) in [5, 5.41) is 17.3. The van der Waals surface area contributed by atoms with Crippen LogP contribution in [0, 0.1) is 11.3 Å². The van der Waals surface area contributed by atoms with Crippen LogP contribution in [0.1, 0.15) is 75.3 Å². The number of hydrogen-bond donors (Lipinski definition) is 3. The Balaban J connectivity index is 0.000000386. The van der Waals surface area contributed by atoms with E-state index in [2.05, 4.69) is 63.2 Å². The van der Waals surface area contributed by atoms with Gasteiger partial charge in [0.05, 0.1) is 34.0 Å². The first-order chi connectivity index (χ1) is 34.1. The average molecular weight is 1040 g/mol. The van der Waals surface area contributed by atoms with Crippen molar-refractivity contribution in [3.63, 3.8) is 0 Å². The lowest BCUT2D eigenvalue weighted by atomic mass is 9.47. The lowest BCUT2D eigenvalue weighted by Gasteiger charge is -2.63. The molecule has 3 aromatic rings. The number of rotatable bonds is 12. The van der Waals surface area contributed by atoms with Crippen molar-refractivity contribution in [2.24, 2.45) is 11.3 Å². The molecule has 1 aromatic heterocycles. The Kier molecular flexibility index (Phi) is 14.7. The van der Waals surface area contributed by atoms with E-state index in [1.807, 2.05) is 37.1 Å². The predicted molar refractivity (Wildman–Crippen MR) is 273 cm³/mol. The van der Waals surface area contributed by atoms with E-state index in [1.165, 1.54) is 26.7 Å². The van der Waals surface area contributed by atoms with Crippen LogP contribution in [0.2, 0.25) is 0 Å². The first-order valence-corrected chi connectivity index (χ1v) is 27.6. The van der Waals surface area contributed by atoms with Crippen LogP contribution in [0.5, 0.6) is 5.75 Å². The third-order valence-electron chi connectivity index (χ3n) is 16.7. The number of H-pyrrole nitrogens is 1. The number of esters is 3. The molecule has 3 unspecified atom stereocenters. The molecule has 71 heavy (non-hydrogen) atoms. The number of aromatic amines is 1. The summed E-state index contributed by atoms with van der Waals surface area (Å²) < 4.78 is 43.1. The van der Waals surface area contributed by atoms with Crippen LogP contribution in [0.3, 0.4) is 0 Å². The molecule has 0 amide bonds. The van der Waals surface area contributed by atoms with E-state index in [9.17, 15) is 19.3 Å². The molecule has 7 heterocycles. The van der Waals surface area contributed by atoms with E-state index in [4.69, 9.17) is 46.7 Å². The molecule has 1 spiro atoms. The van der Waals surface area contributed by atoms with Gasteiger partial charge in [0.15, 0.2) is 6.10 Å². The lowest BCUT2D eigenvalue weighted by Crippen LogP contribution is -2.81. The molecule has 386 valence electrons. The zero-order valence-electron chi connectivity index (χ0n) is 41.9. The molecular formula is C52H69Cl2N6O10P. The molecule has 3 fully saturated rings. The van der Waals surface area contributed by atoms with Crippen molar-refractivity contribution in [1.82, 2.24) is 24.5 Å².